The predicted molar refractivity (Wildman–Crippen MR) is 160 cm³/mol. The number of benzene rings is 2. The molecule has 210 valence electrons. The van der Waals surface area contributed by atoms with Crippen molar-refractivity contribution in [3.63, 3.8) is 0 Å². The van der Waals surface area contributed by atoms with Crippen LogP contribution in [0.4, 0.5) is 33.6 Å². The molecule has 0 unspecified atom stereocenters. The SMILES string of the molecule is CN(C)C/C=C/C(=O)Nc1cccc(N2C(=O)N(Cc3ccccc3)Cc3cnc(Nc4cn(C)nc4Cl)nc32)c1. The van der Waals surface area contributed by atoms with Crippen LogP contribution in [0.15, 0.2) is 79.1 Å². The molecule has 4 aromatic rings. The topological polar surface area (TPSA) is 112 Å². The largest absolute Gasteiger partial charge is 0.330 e. The standard InChI is InChI=1S/C29H30ClN9O2/c1-36(2)14-8-13-25(40)32-22-11-7-12-23(15-22)39-27-21(18-38(29(39)41)17-20-9-5-4-6-10-20)16-31-28(34-27)33-24-19-37(3)35-26(24)30/h4-13,15-16,19H,14,17-18H2,1-3H3,(H,32,40)(H,31,33,34)/b13-8+. The molecule has 2 N–H and O–H groups in total. The lowest BCUT2D eigenvalue weighted by Gasteiger charge is -2.36. The first-order chi connectivity index (χ1) is 19.8. The second kappa shape index (κ2) is 12.2. The molecule has 11 nitrogen and oxygen atoms in total. The summed E-state index contributed by atoms with van der Waals surface area (Å²) < 4.78 is 1.58. The van der Waals surface area contributed by atoms with Crippen LogP contribution in [0.1, 0.15) is 11.1 Å². The van der Waals surface area contributed by atoms with Gasteiger partial charge in [-0.25, -0.2) is 14.7 Å². The Balaban J connectivity index is 1.48. The van der Waals surface area contributed by atoms with E-state index in [1.807, 2.05) is 49.3 Å². The number of anilines is 5. The van der Waals surface area contributed by atoms with Gasteiger partial charge < -0.3 is 20.4 Å². The highest BCUT2D eigenvalue weighted by Crippen LogP contribution is 2.36. The fourth-order valence-electron chi connectivity index (χ4n) is 4.37. The van der Waals surface area contributed by atoms with Crippen LogP contribution >= 0.6 is 11.6 Å². The molecule has 1 aliphatic heterocycles. The van der Waals surface area contributed by atoms with E-state index in [1.54, 1.807) is 59.4 Å². The first kappa shape index (κ1) is 27.8. The number of hydrogen-bond donors (Lipinski definition) is 2. The van der Waals surface area contributed by atoms with Gasteiger partial charge in [-0.05, 0) is 37.9 Å². The van der Waals surface area contributed by atoms with Crippen molar-refractivity contribution in [1.29, 1.82) is 0 Å². The lowest BCUT2D eigenvalue weighted by atomic mass is 10.1. The van der Waals surface area contributed by atoms with Crippen molar-refractivity contribution in [2.45, 2.75) is 13.1 Å². The number of fused-ring (bicyclic) bond motifs is 1. The Morgan fingerprint density at radius 3 is 2.68 bits per heavy atom. The lowest BCUT2D eigenvalue weighted by Crippen LogP contribution is -2.45. The van der Waals surface area contributed by atoms with Crippen molar-refractivity contribution < 1.29 is 9.59 Å². The van der Waals surface area contributed by atoms with E-state index < -0.39 is 0 Å². The average Bonchev–Trinajstić information content (AvgIpc) is 3.25. The van der Waals surface area contributed by atoms with Crippen LogP contribution in [-0.2, 0) is 24.9 Å². The lowest BCUT2D eigenvalue weighted by molar-refractivity contribution is -0.111. The van der Waals surface area contributed by atoms with Crippen LogP contribution in [0.3, 0.4) is 0 Å². The molecule has 0 saturated carbocycles. The van der Waals surface area contributed by atoms with Crippen LogP contribution in [0.5, 0.6) is 0 Å². The van der Waals surface area contributed by atoms with E-state index in [2.05, 4.69) is 20.7 Å². The van der Waals surface area contributed by atoms with Crippen LogP contribution in [0.2, 0.25) is 5.15 Å². The molecular weight excluding hydrogens is 542 g/mol. The molecule has 2 aromatic heterocycles. The summed E-state index contributed by atoms with van der Waals surface area (Å²) in [6, 6.07) is 16.6. The average molecular weight is 572 g/mol. The van der Waals surface area contributed by atoms with Crippen molar-refractivity contribution in [2.75, 3.05) is 36.2 Å². The molecule has 3 amide bonds. The molecule has 12 heteroatoms. The number of carbonyl (C=O) groups is 2. The quantitative estimate of drug-likeness (QED) is 0.274. The third-order valence-electron chi connectivity index (χ3n) is 6.23. The third-order valence-corrected chi connectivity index (χ3v) is 6.51. The Morgan fingerprint density at radius 1 is 1.15 bits per heavy atom. The molecule has 0 fully saturated rings. The number of rotatable bonds is 9. The van der Waals surface area contributed by atoms with Gasteiger partial charge in [-0.1, -0.05) is 54.1 Å². The van der Waals surface area contributed by atoms with E-state index in [9.17, 15) is 9.59 Å². The van der Waals surface area contributed by atoms with Crippen LogP contribution < -0.4 is 15.5 Å². The van der Waals surface area contributed by atoms with Gasteiger partial charge in [0.1, 0.15) is 0 Å². The van der Waals surface area contributed by atoms with Crippen molar-refractivity contribution in [1.82, 2.24) is 29.5 Å². The van der Waals surface area contributed by atoms with Gasteiger partial charge in [0.25, 0.3) is 0 Å². The van der Waals surface area contributed by atoms with Crippen molar-refractivity contribution in [2.24, 2.45) is 7.05 Å². The Bertz CT molecular complexity index is 1590. The molecule has 0 spiro atoms. The first-order valence-electron chi connectivity index (χ1n) is 12.9. The number of likely N-dealkylation sites (N-methyl/N-ethyl adjacent to an activating group) is 1. The van der Waals surface area contributed by atoms with E-state index >= 15 is 0 Å². The summed E-state index contributed by atoms with van der Waals surface area (Å²) >= 11 is 6.23. The molecular formula is C29H30ClN9O2. The maximum atomic E-state index is 14.0. The molecule has 0 radical (unpaired) electrons. The number of carbonyl (C=O) groups excluding carboxylic acids is 2. The first-order valence-corrected chi connectivity index (χ1v) is 13.3. The molecule has 0 bridgehead atoms. The highest BCUT2D eigenvalue weighted by molar-refractivity contribution is 6.32. The highest BCUT2D eigenvalue weighted by Gasteiger charge is 2.33. The smallest absolute Gasteiger partial charge is 0.322 e. The Morgan fingerprint density at radius 2 is 1.95 bits per heavy atom. The van der Waals surface area contributed by atoms with E-state index in [0.29, 0.717) is 42.5 Å². The Kier molecular flexibility index (Phi) is 8.27. The van der Waals surface area contributed by atoms with Crippen molar-refractivity contribution >= 4 is 52.4 Å². The minimum Gasteiger partial charge on any atom is -0.322 e. The zero-order chi connectivity index (χ0) is 28.9. The zero-order valence-electron chi connectivity index (χ0n) is 23.0. The van der Waals surface area contributed by atoms with Crippen LogP contribution in [0.25, 0.3) is 0 Å². The van der Waals surface area contributed by atoms with Crippen molar-refractivity contribution in [3.05, 3.63) is 95.4 Å². The minimum absolute atomic E-state index is 0.250. The fraction of sp³-hybridized carbons (Fsp3) is 0.207. The summed E-state index contributed by atoms with van der Waals surface area (Å²) in [6.07, 6.45) is 6.69. The molecule has 3 heterocycles. The molecule has 1 aliphatic rings. The van der Waals surface area contributed by atoms with E-state index in [-0.39, 0.29) is 23.0 Å². The number of nitrogens with one attached hydrogen (secondary N) is 2. The maximum absolute atomic E-state index is 14.0. The van der Waals surface area contributed by atoms with E-state index in [4.69, 9.17) is 16.6 Å². The minimum atomic E-state index is -0.262. The van der Waals surface area contributed by atoms with Gasteiger partial charge in [-0.2, -0.15) is 10.1 Å². The normalized spacial score (nSPS) is 13.1. The number of halogens is 1. The number of aromatic nitrogens is 4. The third kappa shape index (κ3) is 6.71. The van der Waals surface area contributed by atoms with Crippen LogP contribution in [0, 0.1) is 0 Å². The molecule has 0 atom stereocenters. The summed E-state index contributed by atoms with van der Waals surface area (Å²) in [7, 11) is 5.61. The number of hydrogen-bond acceptors (Lipinski definition) is 7. The number of urea groups is 1. The number of aryl methyl sites for hydroxylation is 1. The van der Waals surface area contributed by atoms with Crippen LogP contribution in [-0.4, -0.2) is 62.1 Å². The Hall–Kier alpha value is -4.74. The van der Waals surface area contributed by atoms with Gasteiger partial charge in [0.15, 0.2) is 11.0 Å². The Labute approximate surface area is 243 Å². The van der Waals surface area contributed by atoms with Gasteiger partial charge in [0.05, 0.1) is 17.9 Å². The summed E-state index contributed by atoms with van der Waals surface area (Å²) in [6.45, 7) is 1.39. The predicted octanol–water partition coefficient (Wildman–Crippen LogP) is 4.94. The van der Waals surface area contributed by atoms with Gasteiger partial charge in [-0.15, -0.1) is 0 Å². The summed E-state index contributed by atoms with van der Waals surface area (Å²) in [5.41, 5.74) is 3.41. The molecule has 5 rings (SSSR count). The summed E-state index contributed by atoms with van der Waals surface area (Å²) in [5.74, 6) is 0.442. The monoisotopic (exact) mass is 571 g/mol. The van der Waals surface area contributed by atoms with Gasteiger partial charge in [-0.3, -0.25) is 9.48 Å². The molecule has 41 heavy (non-hydrogen) atoms. The highest BCUT2D eigenvalue weighted by atomic mass is 35.5. The zero-order valence-corrected chi connectivity index (χ0v) is 23.7. The number of nitrogens with zero attached hydrogens (tertiary/aromatic N) is 7. The molecule has 0 saturated heterocycles. The van der Waals surface area contributed by atoms with Gasteiger partial charge in [0, 0.05) is 49.9 Å². The second-order valence-corrected chi connectivity index (χ2v) is 10.2. The molecule has 0 aliphatic carbocycles. The fourth-order valence-corrected chi connectivity index (χ4v) is 4.59. The number of amides is 3. The molecule has 2 aromatic carbocycles. The summed E-state index contributed by atoms with van der Waals surface area (Å²) in [5, 5.41) is 10.4. The van der Waals surface area contributed by atoms with E-state index in [1.165, 1.54) is 11.0 Å². The maximum Gasteiger partial charge on any atom is 0.330 e. The van der Waals surface area contributed by atoms with Gasteiger partial charge >= 0.3 is 6.03 Å². The van der Waals surface area contributed by atoms with E-state index in [0.717, 1.165) is 11.1 Å². The second-order valence-electron chi connectivity index (χ2n) is 9.84. The van der Waals surface area contributed by atoms with Gasteiger partial charge in [0.2, 0.25) is 11.9 Å². The summed E-state index contributed by atoms with van der Waals surface area (Å²) in [4.78, 5) is 40.9. The van der Waals surface area contributed by atoms with Crippen molar-refractivity contribution in [3.8, 4) is 0 Å².